The molecule has 5 heteroatoms. The van der Waals surface area contributed by atoms with Gasteiger partial charge in [-0.2, -0.15) is 0 Å². The van der Waals surface area contributed by atoms with E-state index < -0.39 is 8.07 Å². The summed E-state index contributed by atoms with van der Waals surface area (Å²) in [6.07, 6.45) is 0. The largest absolute Gasteiger partial charge is 0.309 e. The zero-order valence-corrected chi connectivity index (χ0v) is 28.5. The van der Waals surface area contributed by atoms with Crippen molar-refractivity contribution < 1.29 is 0 Å². The number of hydrogen-bond acceptors (Lipinski definition) is 2. The van der Waals surface area contributed by atoms with Gasteiger partial charge in [-0.05, 0) is 62.7 Å². The Hall–Kier alpha value is -5.62. The third-order valence-electron chi connectivity index (χ3n) is 10.2. The van der Waals surface area contributed by atoms with Gasteiger partial charge in [-0.1, -0.05) is 151 Å². The maximum absolute atomic E-state index is 5.07. The Bertz CT molecular complexity index is 2560. The van der Waals surface area contributed by atoms with Crippen LogP contribution in [0.5, 0.6) is 0 Å². The van der Waals surface area contributed by atoms with Crippen LogP contribution in [-0.2, 0) is 5.75 Å². The molecule has 0 amide bonds. The zero-order chi connectivity index (χ0) is 32.4. The molecule has 10 rings (SSSR count). The fourth-order valence-electron chi connectivity index (χ4n) is 8.05. The maximum atomic E-state index is 5.07. The molecule has 0 saturated heterocycles. The van der Waals surface area contributed by atoms with Crippen LogP contribution in [0.15, 0.2) is 181 Å². The first-order chi connectivity index (χ1) is 24.3. The number of para-hydroxylation sites is 2. The molecule has 3 heterocycles. The molecular formula is C44H31N3SSi. The molecule has 3 nitrogen and oxygen atoms in total. The monoisotopic (exact) mass is 661 g/mol. The highest BCUT2D eigenvalue weighted by Gasteiger charge is 2.41. The van der Waals surface area contributed by atoms with E-state index in [2.05, 4.69) is 185 Å². The van der Waals surface area contributed by atoms with Crippen LogP contribution in [0.1, 0.15) is 5.56 Å². The summed E-state index contributed by atoms with van der Waals surface area (Å²) in [6, 6.07) is 65.1. The Morgan fingerprint density at radius 1 is 0.469 bits per heavy atom. The molecule has 0 unspecified atom stereocenters. The van der Waals surface area contributed by atoms with Crippen molar-refractivity contribution >= 4 is 73.4 Å². The normalized spacial score (nSPS) is 12.7. The van der Waals surface area contributed by atoms with Gasteiger partial charge in [0, 0.05) is 22.2 Å². The predicted molar refractivity (Wildman–Crippen MR) is 209 cm³/mol. The highest BCUT2D eigenvalue weighted by atomic mass is 32.2. The molecule has 0 saturated carbocycles. The van der Waals surface area contributed by atoms with E-state index in [4.69, 9.17) is 4.98 Å². The minimum Gasteiger partial charge on any atom is -0.309 e. The Morgan fingerprint density at radius 3 is 1.80 bits per heavy atom. The number of aromatic nitrogens is 3. The highest BCUT2D eigenvalue weighted by molar-refractivity contribution is 7.98. The SMILES string of the molecule is c1ccc([Si](c2ccccc2)(c2ccccc2)c2ccc3c4ccccc4n(-c4ccc5nc6n(c5c4)-c4ccccc4CS6)c3c2)cc1. The molecule has 0 N–H and O–H groups in total. The minimum absolute atomic E-state index is 0.942. The van der Waals surface area contributed by atoms with Gasteiger partial charge in [0.25, 0.3) is 0 Å². The summed E-state index contributed by atoms with van der Waals surface area (Å²) in [4.78, 5) is 5.07. The number of benzene rings is 7. The fourth-order valence-corrected chi connectivity index (χ4v) is 13.8. The Balaban J connectivity index is 1.28. The van der Waals surface area contributed by atoms with Crippen LogP contribution in [0, 0.1) is 0 Å². The zero-order valence-electron chi connectivity index (χ0n) is 26.7. The lowest BCUT2D eigenvalue weighted by atomic mass is 10.1. The Labute approximate surface area is 290 Å². The van der Waals surface area contributed by atoms with Crippen LogP contribution in [0.25, 0.3) is 44.2 Å². The lowest BCUT2D eigenvalue weighted by Crippen LogP contribution is -2.74. The van der Waals surface area contributed by atoms with Crippen LogP contribution < -0.4 is 20.7 Å². The second kappa shape index (κ2) is 11.2. The van der Waals surface area contributed by atoms with Gasteiger partial charge in [0.15, 0.2) is 13.2 Å². The standard InChI is InChI=1S/C44H31N3SSi/c1-4-15-33(16-5-1)49(34-17-6-2-7-18-34,35-19-8-3-9-20-35)36-25-26-38-37-21-11-13-23-41(37)46(42(38)29-36)32-24-27-39-43(28-32)47-40-22-12-10-14-31(40)30-48-44(47)45-39/h1-29H,30H2. The van der Waals surface area contributed by atoms with Crippen molar-refractivity contribution in [2.45, 2.75) is 10.9 Å². The summed E-state index contributed by atoms with van der Waals surface area (Å²) in [7, 11) is -2.71. The van der Waals surface area contributed by atoms with Crippen LogP contribution >= 0.6 is 11.8 Å². The number of imidazole rings is 1. The lowest BCUT2D eigenvalue weighted by molar-refractivity contribution is 0.894. The van der Waals surface area contributed by atoms with Crippen molar-refractivity contribution in [1.82, 2.24) is 14.1 Å². The van der Waals surface area contributed by atoms with E-state index >= 15 is 0 Å². The molecule has 232 valence electrons. The van der Waals surface area contributed by atoms with Gasteiger partial charge >= 0.3 is 0 Å². The van der Waals surface area contributed by atoms with Crippen molar-refractivity contribution in [2.24, 2.45) is 0 Å². The first-order valence-electron chi connectivity index (χ1n) is 16.7. The summed E-state index contributed by atoms with van der Waals surface area (Å²) in [5, 5.41) is 9.05. The van der Waals surface area contributed by atoms with Gasteiger partial charge < -0.3 is 4.57 Å². The van der Waals surface area contributed by atoms with Crippen molar-refractivity contribution in [2.75, 3.05) is 0 Å². The van der Waals surface area contributed by atoms with E-state index in [1.54, 1.807) is 0 Å². The summed E-state index contributed by atoms with van der Waals surface area (Å²) < 4.78 is 4.81. The van der Waals surface area contributed by atoms with Gasteiger partial charge in [0.2, 0.25) is 0 Å². The molecular weight excluding hydrogens is 631 g/mol. The first kappa shape index (κ1) is 28.4. The second-order valence-corrected chi connectivity index (χ2v) is 17.5. The second-order valence-electron chi connectivity index (χ2n) is 12.8. The van der Waals surface area contributed by atoms with Gasteiger partial charge in [-0.15, -0.1) is 0 Å². The Kier molecular flexibility index (Phi) is 6.51. The molecule has 49 heavy (non-hydrogen) atoms. The summed E-state index contributed by atoms with van der Waals surface area (Å²) in [5.74, 6) is 0.942. The van der Waals surface area contributed by atoms with Crippen molar-refractivity contribution in [3.8, 4) is 11.4 Å². The van der Waals surface area contributed by atoms with E-state index in [0.29, 0.717) is 0 Å². The van der Waals surface area contributed by atoms with Crippen molar-refractivity contribution in [1.29, 1.82) is 0 Å². The number of rotatable bonds is 5. The summed E-state index contributed by atoms with van der Waals surface area (Å²) in [6.45, 7) is 0. The van der Waals surface area contributed by atoms with E-state index in [1.165, 1.54) is 53.8 Å². The van der Waals surface area contributed by atoms with Crippen molar-refractivity contribution in [3.05, 3.63) is 181 Å². The van der Waals surface area contributed by atoms with Gasteiger partial charge in [0.05, 0.1) is 27.8 Å². The molecule has 2 aromatic heterocycles. The molecule has 7 aromatic carbocycles. The topological polar surface area (TPSA) is 22.8 Å². The average molecular weight is 662 g/mol. The number of hydrogen-bond donors (Lipinski definition) is 0. The third kappa shape index (κ3) is 4.26. The molecule has 9 aromatic rings. The van der Waals surface area contributed by atoms with Crippen LogP contribution in [0.2, 0.25) is 0 Å². The molecule has 0 atom stereocenters. The van der Waals surface area contributed by atoms with Crippen LogP contribution in [-0.4, -0.2) is 22.2 Å². The number of fused-ring (bicyclic) bond motifs is 8. The molecule has 1 aliphatic heterocycles. The van der Waals surface area contributed by atoms with Gasteiger partial charge in [-0.3, -0.25) is 4.57 Å². The van der Waals surface area contributed by atoms with E-state index in [1.807, 2.05) is 11.8 Å². The third-order valence-corrected chi connectivity index (χ3v) is 15.9. The van der Waals surface area contributed by atoms with Crippen LogP contribution in [0.4, 0.5) is 0 Å². The number of nitrogens with zero attached hydrogens (tertiary/aromatic N) is 3. The quantitative estimate of drug-likeness (QED) is 0.137. The van der Waals surface area contributed by atoms with E-state index in [9.17, 15) is 0 Å². The Morgan fingerprint density at radius 2 is 1.08 bits per heavy atom. The summed E-state index contributed by atoms with van der Waals surface area (Å²) in [5.41, 5.74) is 8.28. The van der Waals surface area contributed by atoms with Crippen molar-refractivity contribution in [3.63, 3.8) is 0 Å². The number of thioether (sulfide) groups is 1. The average Bonchev–Trinajstić information content (AvgIpc) is 3.72. The summed E-state index contributed by atoms with van der Waals surface area (Å²) >= 11 is 1.81. The van der Waals surface area contributed by atoms with Gasteiger partial charge in [-0.25, -0.2) is 4.98 Å². The van der Waals surface area contributed by atoms with Crippen LogP contribution in [0.3, 0.4) is 0 Å². The van der Waals surface area contributed by atoms with E-state index in [-0.39, 0.29) is 0 Å². The lowest BCUT2D eigenvalue weighted by Gasteiger charge is -2.34. The molecule has 0 bridgehead atoms. The minimum atomic E-state index is -2.71. The van der Waals surface area contributed by atoms with Gasteiger partial charge in [0.1, 0.15) is 0 Å². The first-order valence-corrected chi connectivity index (χ1v) is 19.7. The maximum Gasteiger partial charge on any atom is 0.179 e. The molecule has 0 radical (unpaired) electrons. The fraction of sp³-hybridized carbons (Fsp3) is 0.0227. The molecule has 0 fully saturated rings. The molecule has 0 spiro atoms. The van der Waals surface area contributed by atoms with E-state index in [0.717, 1.165) is 27.6 Å². The molecule has 0 aliphatic carbocycles. The smallest absolute Gasteiger partial charge is 0.179 e. The predicted octanol–water partition coefficient (Wildman–Crippen LogP) is 8.11. The highest BCUT2D eigenvalue weighted by Crippen LogP contribution is 2.39. The molecule has 1 aliphatic rings.